The van der Waals surface area contributed by atoms with Gasteiger partial charge in [0, 0.05) is 0 Å². The minimum absolute atomic E-state index is 0.0194. The number of hydrogen-bond acceptors (Lipinski definition) is 0. The van der Waals surface area contributed by atoms with E-state index in [-0.39, 0.29) is 10.9 Å². The summed E-state index contributed by atoms with van der Waals surface area (Å²) in [6.07, 6.45) is 7.62. The second kappa shape index (κ2) is 5.98. The van der Waals surface area contributed by atoms with E-state index in [0.29, 0.717) is 0 Å². The fourth-order valence-corrected chi connectivity index (χ4v) is 4.37. The van der Waals surface area contributed by atoms with Crippen molar-refractivity contribution in [1.82, 2.24) is 0 Å². The van der Waals surface area contributed by atoms with E-state index in [1.54, 1.807) is 0 Å². The third-order valence-electron chi connectivity index (χ3n) is 3.24. The minimum atomic E-state index is -0.0194. The van der Waals surface area contributed by atoms with E-state index in [1.165, 1.54) is 20.3 Å². The molecule has 2 aromatic rings. The molecule has 0 saturated heterocycles. The summed E-state index contributed by atoms with van der Waals surface area (Å²) < 4.78 is 0. The number of hydrogen-bond donors (Lipinski definition) is 0. The third-order valence-corrected chi connectivity index (χ3v) is 5.50. The number of benzene rings is 2. The molecule has 0 atom stereocenters. The van der Waals surface area contributed by atoms with Crippen molar-refractivity contribution in [2.75, 3.05) is 0 Å². The van der Waals surface area contributed by atoms with E-state index in [9.17, 15) is 0 Å². The first-order valence-electron chi connectivity index (χ1n) is 6.75. The van der Waals surface area contributed by atoms with Gasteiger partial charge in [0.2, 0.25) is 0 Å². The highest BCUT2D eigenvalue weighted by Gasteiger charge is 2.29. The summed E-state index contributed by atoms with van der Waals surface area (Å²) in [4.78, 5) is 4.11. The normalized spacial score (nSPS) is 14.4. The Hall–Kier alpha value is -1.99. The van der Waals surface area contributed by atoms with E-state index < -0.39 is 0 Å². The van der Waals surface area contributed by atoms with Gasteiger partial charge in [-0.2, -0.15) is 0 Å². The first-order chi connectivity index (χ1) is 9.84. The zero-order chi connectivity index (χ0) is 13.8. The van der Waals surface area contributed by atoms with Gasteiger partial charge < -0.3 is 0 Å². The van der Waals surface area contributed by atoms with Crippen LogP contribution in [0.4, 0.5) is 0 Å². The standard InChI is InChI=1S/C19H17S/c1-16-12-14-19(15-13-16)20(17-8-4-2-5-9-17)18-10-6-3-7-11-18/h2-12,14-15H,1,13H2/q+1. The van der Waals surface area contributed by atoms with Crippen LogP contribution in [0.5, 0.6) is 0 Å². The summed E-state index contributed by atoms with van der Waals surface area (Å²) in [5.74, 6) is 0. The van der Waals surface area contributed by atoms with Crippen LogP contribution < -0.4 is 0 Å². The van der Waals surface area contributed by atoms with Crippen molar-refractivity contribution in [1.29, 1.82) is 0 Å². The van der Waals surface area contributed by atoms with Crippen LogP contribution in [0.3, 0.4) is 0 Å². The predicted molar refractivity (Wildman–Crippen MR) is 87.8 cm³/mol. The molecule has 0 nitrogen and oxygen atoms in total. The fraction of sp³-hybridized carbons (Fsp3) is 0.0526. The zero-order valence-electron chi connectivity index (χ0n) is 11.3. The summed E-state index contributed by atoms with van der Waals surface area (Å²) in [5, 5.41) is 0. The van der Waals surface area contributed by atoms with E-state index in [1.807, 2.05) is 0 Å². The van der Waals surface area contributed by atoms with E-state index >= 15 is 0 Å². The molecule has 0 unspecified atom stereocenters. The Labute approximate surface area is 123 Å². The van der Waals surface area contributed by atoms with Crippen molar-refractivity contribution in [3.63, 3.8) is 0 Å². The van der Waals surface area contributed by atoms with E-state index in [4.69, 9.17) is 0 Å². The smallest absolute Gasteiger partial charge is 0.0955 e. The Bertz CT molecular complexity index is 611. The maximum absolute atomic E-state index is 4.03. The van der Waals surface area contributed by atoms with Crippen molar-refractivity contribution in [2.45, 2.75) is 16.2 Å². The van der Waals surface area contributed by atoms with Crippen molar-refractivity contribution < 1.29 is 0 Å². The molecule has 0 saturated carbocycles. The molecule has 0 aromatic heterocycles. The van der Waals surface area contributed by atoms with Crippen LogP contribution in [0.25, 0.3) is 0 Å². The fourth-order valence-electron chi connectivity index (χ4n) is 2.24. The summed E-state index contributed by atoms with van der Waals surface area (Å²) in [6.45, 7) is 4.03. The lowest BCUT2D eigenvalue weighted by Gasteiger charge is -2.11. The van der Waals surface area contributed by atoms with Crippen LogP contribution in [0, 0.1) is 0 Å². The molecular formula is C19H17S+. The van der Waals surface area contributed by atoms with Crippen LogP contribution in [-0.4, -0.2) is 0 Å². The van der Waals surface area contributed by atoms with Gasteiger partial charge in [-0.05, 0) is 42.8 Å². The second-order valence-electron chi connectivity index (χ2n) is 4.73. The molecule has 0 bridgehead atoms. The summed E-state index contributed by atoms with van der Waals surface area (Å²) in [6, 6.07) is 21.5. The van der Waals surface area contributed by atoms with E-state index in [2.05, 4.69) is 85.5 Å². The first-order valence-corrected chi connectivity index (χ1v) is 7.97. The number of rotatable bonds is 3. The maximum atomic E-state index is 4.03. The molecule has 0 N–H and O–H groups in total. The van der Waals surface area contributed by atoms with Gasteiger partial charge in [0.1, 0.15) is 0 Å². The molecule has 20 heavy (non-hydrogen) atoms. The molecular weight excluding hydrogens is 260 g/mol. The Balaban J connectivity index is 2.05. The monoisotopic (exact) mass is 277 g/mol. The highest BCUT2D eigenvalue weighted by atomic mass is 32.2. The summed E-state index contributed by atoms with van der Waals surface area (Å²) in [5.41, 5.74) is 1.18. The van der Waals surface area contributed by atoms with Gasteiger partial charge in [-0.25, -0.2) is 0 Å². The predicted octanol–water partition coefficient (Wildman–Crippen LogP) is 5.12. The van der Waals surface area contributed by atoms with Crippen LogP contribution in [-0.2, 0) is 10.9 Å². The van der Waals surface area contributed by atoms with Crippen LogP contribution in [0.1, 0.15) is 6.42 Å². The molecule has 0 aliphatic heterocycles. The van der Waals surface area contributed by atoms with Crippen molar-refractivity contribution in [3.8, 4) is 0 Å². The van der Waals surface area contributed by atoms with Crippen LogP contribution in [0.15, 0.2) is 106 Å². The van der Waals surface area contributed by atoms with E-state index in [0.717, 1.165) is 6.42 Å². The molecule has 0 amide bonds. The topological polar surface area (TPSA) is 0 Å². The summed E-state index contributed by atoms with van der Waals surface area (Å²) in [7, 11) is -0.0194. The van der Waals surface area contributed by atoms with Gasteiger partial charge in [-0.3, -0.25) is 0 Å². The third kappa shape index (κ3) is 2.78. The van der Waals surface area contributed by atoms with Gasteiger partial charge in [-0.1, -0.05) is 54.6 Å². The van der Waals surface area contributed by atoms with Crippen molar-refractivity contribution in [3.05, 3.63) is 95.9 Å². The molecule has 1 heteroatoms. The van der Waals surface area contributed by atoms with Crippen molar-refractivity contribution in [2.24, 2.45) is 0 Å². The Kier molecular flexibility index (Phi) is 3.89. The quantitative estimate of drug-likeness (QED) is 0.683. The average molecular weight is 277 g/mol. The molecule has 1 aliphatic rings. The second-order valence-corrected chi connectivity index (χ2v) is 6.76. The SMILES string of the molecule is C=C1C=CC([S+](c2ccccc2)c2ccccc2)=CC1. The van der Waals surface area contributed by atoms with Crippen molar-refractivity contribution >= 4 is 10.9 Å². The summed E-state index contributed by atoms with van der Waals surface area (Å²) >= 11 is 0. The maximum Gasteiger partial charge on any atom is 0.166 e. The molecule has 0 spiro atoms. The van der Waals surface area contributed by atoms with Gasteiger partial charge in [-0.15, -0.1) is 0 Å². The molecule has 0 heterocycles. The van der Waals surface area contributed by atoms with Crippen LogP contribution in [0.2, 0.25) is 0 Å². The molecule has 3 rings (SSSR count). The molecule has 2 aromatic carbocycles. The average Bonchev–Trinajstić information content (AvgIpc) is 2.52. The van der Waals surface area contributed by atoms with Crippen LogP contribution >= 0.6 is 0 Å². The van der Waals surface area contributed by atoms with Gasteiger partial charge in [0.05, 0.1) is 10.9 Å². The highest BCUT2D eigenvalue weighted by Crippen LogP contribution is 2.33. The Morgan fingerprint density at radius 3 is 1.75 bits per heavy atom. The molecule has 0 fully saturated rings. The van der Waals surface area contributed by atoms with Gasteiger partial charge in [0.25, 0.3) is 0 Å². The Morgan fingerprint density at radius 2 is 1.30 bits per heavy atom. The molecule has 0 radical (unpaired) electrons. The molecule has 1 aliphatic carbocycles. The minimum Gasteiger partial charge on any atom is -0.0955 e. The first kappa shape index (κ1) is 13.0. The number of allylic oxidation sites excluding steroid dienone is 4. The lowest BCUT2D eigenvalue weighted by atomic mass is 10.1. The molecule has 98 valence electrons. The lowest BCUT2D eigenvalue weighted by Crippen LogP contribution is -2.07. The highest BCUT2D eigenvalue weighted by molar-refractivity contribution is 8.00. The largest absolute Gasteiger partial charge is 0.166 e. The zero-order valence-corrected chi connectivity index (χ0v) is 12.1. The Morgan fingerprint density at radius 1 is 0.750 bits per heavy atom. The van der Waals surface area contributed by atoms with Gasteiger partial charge >= 0.3 is 0 Å². The van der Waals surface area contributed by atoms with Gasteiger partial charge in [0.15, 0.2) is 14.7 Å². The lowest BCUT2D eigenvalue weighted by molar-refractivity contribution is 1.26.